The molecule has 0 amide bonds. The number of Topliss-reactive ketones (excluding diaryl/α,β-unsaturated/α-hetero) is 2. The van der Waals surface area contributed by atoms with Gasteiger partial charge in [0.2, 0.25) is 5.78 Å². The van der Waals surface area contributed by atoms with E-state index >= 15 is 4.79 Å². The predicted octanol–water partition coefficient (Wildman–Crippen LogP) is 4.20. The Balaban J connectivity index is 1.44. The van der Waals surface area contributed by atoms with Gasteiger partial charge in [0.05, 0.1) is 30.5 Å². The van der Waals surface area contributed by atoms with Crippen molar-refractivity contribution in [3.05, 3.63) is 68.8 Å². The summed E-state index contributed by atoms with van der Waals surface area (Å²) in [6, 6.07) is 5.96. The van der Waals surface area contributed by atoms with E-state index < -0.39 is 23.3 Å². The molecule has 0 radical (unpaired) electrons. The minimum absolute atomic E-state index is 0.0208. The van der Waals surface area contributed by atoms with E-state index in [0.717, 1.165) is 41.5 Å². The Morgan fingerprint density at radius 2 is 1.75 bits per heavy atom. The molecule has 4 aliphatic rings. The summed E-state index contributed by atoms with van der Waals surface area (Å²) in [4.78, 5) is 33.8. The van der Waals surface area contributed by atoms with Crippen LogP contribution in [0, 0.1) is 25.7 Å². The molecule has 0 saturated carbocycles. The van der Waals surface area contributed by atoms with E-state index in [9.17, 15) is 9.90 Å². The number of ether oxygens (including phenoxy) is 4. The first kappa shape index (κ1) is 32.9. The molecule has 4 unspecified atom stereocenters. The molecule has 0 spiro atoms. The van der Waals surface area contributed by atoms with Gasteiger partial charge in [0, 0.05) is 48.8 Å². The Labute approximate surface area is 280 Å². The van der Waals surface area contributed by atoms with Gasteiger partial charge >= 0.3 is 0 Å². The summed E-state index contributed by atoms with van der Waals surface area (Å²) in [5.74, 6) is -0.668. The van der Waals surface area contributed by atoms with E-state index in [1.807, 2.05) is 25.9 Å². The number of hydrogen-bond acceptors (Lipinski definition) is 11. The Morgan fingerprint density at radius 3 is 2.42 bits per heavy atom. The summed E-state index contributed by atoms with van der Waals surface area (Å²) >= 11 is 0. The third-order valence-corrected chi connectivity index (χ3v) is 10.8. The number of ketones is 2. The Morgan fingerprint density at radius 1 is 1.02 bits per heavy atom. The monoisotopic (exact) mass is 659 g/mol. The first-order chi connectivity index (χ1) is 23.1. The van der Waals surface area contributed by atoms with E-state index in [4.69, 9.17) is 23.5 Å². The van der Waals surface area contributed by atoms with Crippen molar-refractivity contribution in [3.63, 3.8) is 0 Å². The molecule has 3 aliphatic carbocycles. The maximum Gasteiger partial charge on any atom is 0.208 e. The summed E-state index contributed by atoms with van der Waals surface area (Å²) in [5, 5.41) is 18.8. The fraction of sp³-hybridized carbons (Fsp3) is 0.541. The lowest BCUT2D eigenvalue weighted by Crippen LogP contribution is -2.59. The largest absolute Gasteiger partial charge is 0.491 e. The molecule has 256 valence electrons. The maximum atomic E-state index is 15.0. The number of nitrogens with zero attached hydrogens (tertiary/aromatic N) is 3. The van der Waals surface area contributed by atoms with Crippen molar-refractivity contribution < 1.29 is 38.2 Å². The second-order valence-electron chi connectivity index (χ2n) is 13.8. The van der Waals surface area contributed by atoms with Crippen LogP contribution < -0.4 is 4.74 Å². The standard InChI is InChI=1S/C37H45N3O8/c1-20-25-16-22(19-40-10-7-11-40)8-9-24(25)33(46-14-12-44-5)26-17-23-18-27-31(39(3)4)34-29(21(2)38-48-34)35(42)37(27,43)36(47-15-13-45-6)30(23)32(41)28(20)26/h8-9,16,23,27,31,43H,7,10-15,17-19H2,1-6H3. The molecule has 1 saturated heterocycles. The Bertz CT molecular complexity index is 1810. The molecule has 4 atom stereocenters. The van der Waals surface area contributed by atoms with Crippen LogP contribution in [0.4, 0.5) is 0 Å². The van der Waals surface area contributed by atoms with Crippen LogP contribution in [-0.4, -0.2) is 105 Å². The van der Waals surface area contributed by atoms with Gasteiger partial charge in [-0.1, -0.05) is 17.3 Å². The van der Waals surface area contributed by atoms with Crippen LogP contribution in [0.15, 0.2) is 34.1 Å². The highest BCUT2D eigenvalue weighted by atomic mass is 16.5. The third-order valence-electron chi connectivity index (χ3n) is 10.8. The lowest BCUT2D eigenvalue weighted by molar-refractivity contribution is -0.0699. The first-order valence-corrected chi connectivity index (χ1v) is 16.8. The average Bonchev–Trinajstić information content (AvgIpc) is 3.42. The molecule has 0 bridgehead atoms. The highest BCUT2D eigenvalue weighted by Gasteiger charge is 2.64. The van der Waals surface area contributed by atoms with Gasteiger partial charge in [-0.05, 0) is 88.8 Å². The molecule has 7 rings (SSSR count). The van der Waals surface area contributed by atoms with Crippen molar-refractivity contribution in [1.29, 1.82) is 0 Å². The van der Waals surface area contributed by atoms with E-state index in [1.54, 1.807) is 21.1 Å². The molecule has 1 fully saturated rings. The fourth-order valence-electron chi connectivity index (χ4n) is 8.41. The molecule has 3 aromatic rings. The minimum atomic E-state index is -2.10. The van der Waals surface area contributed by atoms with E-state index in [0.29, 0.717) is 54.4 Å². The number of carbonyl (C=O) groups excluding carboxylic acids is 2. The topological polar surface area (TPSA) is 124 Å². The number of fused-ring (bicyclic) bond motifs is 5. The number of aliphatic hydroxyl groups is 1. The summed E-state index contributed by atoms with van der Waals surface area (Å²) in [6.45, 7) is 7.70. The van der Waals surface area contributed by atoms with E-state index in [1.165, 1.54) is 12.0 Å². The van der Waals surface area contributed by atoms with Crippen LogP contribution in [0.3, 0.4) is 0 Å². The summed E-state index contributed by atoms with van der Waals surface area (Å²) in [5.41, 5.74) is 2.30. The quantitative estimate of drug-likeness (QED) is 0.298. The van der Waals surface area contributed by atoms with Crippen molar-refractivity contribution in [2.75, 3.05) is 67.8 Å². The highest BCUT2D eigenvalue weighted by molar-refractivity contribution is 6.18. The zero-order valence-corrected chi connectivity index (χ0v) is 28.7. The second-order valence-corrected chi connectivity index (χ2v) is 13.8. The zero-order chi connectivity index (χ0) is 33.9. The van der Waals surface area contributed by atoms with Gasteiger partial charge in [-0.25, -0.2) is 0 Å². The van der Waals surface area contributed by atoms with Crippen molar-refractivity contribution >= 4 is 22.3 Å². The molecule has 2 heterocycles. The molecule has 48 heavy (non-hydrogen) atoms. The smallest absolute Gasteiger partial charge is 0.208 e. The average molecular weight is 660 g/mol. The van der Waals surface area contributed by atoms with Gasteiger partial charge < -0.3 is 28.6 Å². The molecule has 1 aromatic heterocycles. The van der Waals surface area contributed by atoms with Crippen LogP contribution >= 0.6 is 0 Å². The van der Waals surface area contributed by atoms with Crippen LogP contribution in [0.2, 0.25) is 0 Å². The molecular weight excluding hydrogens is 614 g/mol. The first-order valence-electron chi connectivity index (χ1n) is 16.8. The Hall–Kier alpha value is -3.61. The highest BCUT2D eigenvalue weighted by Crippen LogP contribution is 2.57. The van der Waals surface area contributed by atoms with Crippen LogP contribution in [0.25, 0.3) is 10.8 Å². The summed E-state index contributed by atoms with van der Waals surface area (Å²) in [7, 11) is 6.97. The molecule has 1 N–H and O–H groups in total. The van der Waals surface area contributed by atoms with Gasteiger partial charge in [-0.15, -0.1) is 0 Å². The van der Waals surface area contributed by atoms with Crippen molar-refractivity contribution in [1.82, 2.24) is 15.0 Å². The minimum Gasteiger partial charge on any atom is -0.491 e. The van der Waals surface area contributed by atoms with Crippen molar-refractivity contribution in [3.8, 4) is 5.75 Å². The number of aryl methyl sites for hydroxylation is 2. The summed E-state index contributed by atoms with van der Waals surface area (Å²) < 4.78 is 29.2. The van der Waals surface area contributed by atoms with Gasteiger partial charge in [0.25, 0.3) is 0 Å². The predicted molar refractivity (Wildman–Crippen MR) is 177 cm³/mol. The number of methoxy groups -OCH3 is 2. The molecule has 11 heteroatoms. The number of hydrogen-bond donors (Lipinski definition) is 1. The fourth-order valence-corrected chi connectivity index (χ4v) is 8.41. The van der Waals surface area contributed by atoms with Gasteiger partial charge in [0.1, 0.15) is 24.7 Å². The lowest BCUT2D eigenvalue weighted by atomic mass is 9.58. The van der Waals surface area contributed by atoms with E-state index in [2.05, 4.69) is 28.3 Å². The van der Waals surface area contributed by atoms with Crippen LogP contribution in [0.5, 0.6) is 5.75 Å². The van der Waals surface area contributed by atoms with Gasteiger partial charge in [-0.2, -0.15) is 0 Å². The summed E-state index contributed by atoms with van der Waals surface area (Å²) in [6.07, 6.45) is 2.04. The molecule has 1 aliphatic heterocycles. The maximum absolute atomic E-state index is 15.0. The van der Waals surface area contributed by atoms with Crippen molar-refractivity contribution in [2.24, 2.45) is 11.8 Å². The number of aromatic nitrogens is 1. The van der Waals surface area contributed by atoms with Gasteiger partial charge in [0.15, 0.2) is 17.1 Å². The number of benzene rings is 2. The number of likely N-dealkylation sites (tertiary alicyclic amines) is 1. The number of rotatable bonds is 11. The molecule has 11 nitrogen and oxygen atoms in total. The SMILES string of the molecule is COCCOC1=C2C(=O)c3c(c(OCCOC)c4ccc(CN5CCC5)cc4c3C)CC2CC2C(N(C)C)c3onc(C)c3C(=O)C12O. The second kappa shape index (κ2) is 12.7. The van der Waals surface area contributed by atoms with Crippen LogP contribution in [0.1, 0.15) is 67.7 Å². The zero-order valence-electron chi connectivity index (χ0n) is 28.7. The lowest BCUT2D eigenvalue weighted by Gasteiger charge is -2.50. The molecular formula is C37H45N3O8. The van der Waals surface area contributed by atoms with Gasteiger partial charge in [-0.3, -0.25) is 19.4 Å². The van der Waals surface area contributed by atoms with Crippen molar-refractivity contribution in [2.45, 2.75) is 51.3 Å². The number of allylic oxidation sites excluding steroid dienone is 1. The molecule has 2 aromatic carbocycles. The van der Waals surface area contributed by atoms with E-state index in [-0.39, 0.29) is 36.2 Å². The normalized spacial score (nSPS) is 25.1. The Kier molecular flexibility index (Phi) is 8.70. The van der Waals surface area contributed by atoms with Crippen LogP contribution in [-0.2, 0) is 27.2 Å². The third kappa shape index (κ3) is 5.01. The number of carbonyl (C=O) groups is 2.